The zero-order valence-electron chi connectivity index (χ0n) is 9.10. The minimum Gasteiger partial charge on any atom is -0.445 e. The number of ether oxygens (including phenoxy) is 1. The summed E-state index contributed by atoms with van der Waals surface area (Å²) in [4.78, 5) is 11.2. The van der Waals surface area contributed by atoms with Crippen LogP contribution < -0.4 is 5.32 Å². The highest BCUT2D eigenvalue weighted by Gasteiger charge is 2.02. The average molecular weight is 257 g/mol. The number of alkyl carbamates (subject to hydrolysis) is 1. The molecule has 17 heavy (non-hydrogen) atoms. The standard InChI is InChI=1S/C11H13ClN2O3/c12-10(14-16)6-7-13-11(15)17-8-9-4-2-1-3-5-9/h1-5,16H,6-8H2,(H,13,15)/b14-10-. The number of nitrogens with one attached hydrogen (secondary N) is 1. The van der Waals surface area contributed by atoms with E-state index in [0.717, 1.165) is 5.56 Å². The van der Waals surface area contributed by atoms with E-state index in [1.54, 1.807) is 0 Å². The van der Waals surface area contributed by atoms with Gasteiger partial charge in [0.2, 0.25) is 0 Å². The Balaban J connectivity index is 2.18. The topological polar surface area (TPSA) is 70.9 Å². The summed E-state index contributed by atoms with van der Waals surface area (Å²) in [6.45, 7) is 0.477. The molecular formula is C11H13ClN2O3. The maximum Gasteiger partial charge on any atom is 0.407 e. The van der Waals surface area contributed by atoms with Gasteiger partial charge in [-0.05, 0) is 5.56 Å². The molecule has 0 radical (unpaired) electrons. The van der Waals surface area contributed by atoms with E-state index in [1.165, 1.54) is 0 Å². The summed E-state index contributed by atoms with van der Waals surface area (Å²) in [5.41, 5.74) is 0.914. The summed E-state index contributed by atoms with van der Waals surface area (Å²) in [6.07, 6.45) is -0.269. The van der Waals surface area contributed by atoms with E-state index in [-0.39, 0.29) is 24.7 Å². The van der Waals surface area contributed by atoms with Crippen molar-refractivity contribution in [3.8, 4) is 0 Å². The number of halogens is 1. The maximum atomic E-state index is 11.2. The third-order valence-corrected chi connectivity index (χ3v) is 2.19. The van der Waals surface area contributed by atoms with Crippen LogP contribution in [0.1, 0.15) is 12.0 Å². The zero-order chi connectivity index (χ0) is 12.5. The monoisotopic (exact) mass is 256 g/mol. The molecule has 0 aliphatic heterocycles. The Hall–Kier alpha value is -1.75. The van der Waals surface area contributed by atoms with Gasteiger partial charge in [0.15, 0.2) is 0 Å². The molecule has 0 aliphatic carbocycles. The molecule has 1 rings (SSSR count). The van der Waals surface area contributed by atoms with Crippen molar-refractivity contribution in [3.63, 3.8) is 0 Å². The van der Waals surface area contributed by atoms with Crippen LogP contribution in [0.4, 0.5) is 4.79 Å². The lowest BCUT2D eigenvalue weighted by molar-refractivity contribution is 0.140. The number of carbonyl (C=O) groups is 1. The SMILES string of the molecule is O=C(NCC/C(Cl)=N/O)OCc1ccccc1. The number of carbonyl (C=O) groups excluding carboxylic acids is 1. The lowest BCUT2D eigenvalue weighted by Gasteiger charge is -2.06. The number of benzene rings is 1. The molecule has 1 aromatic rings. The van der Waals surface area contributed by atoms with Crippen molar-refractivity contribution in [2.24, 2.45) is 5.16 Å². The van der Waals surface area contributed by atoms with Crippen molar-refractivity contribution in [2.75, 3.05) is 6.54 Å². The molecule has 0 aromatic heterocycles. The minimum absolute atomic E-state index is 0.0355. The van der Waals surface area contributed by atoms with Gasteiger partial charge in [-0.2, -0.15) is 0 Å². The second-order valence-electron chi connectivity index (χ2n) is 3.21. The van der Waals surface area contributed by atoms with Crippen LogP contribution in [0.3, 0.4) is 0 Å². The Bertz CT molecular complexity index is 382. The highest BCUT2D eigenvalue weighted by atomic mass is 35.5. The molecule has 0 saturated heterocycles. The Kier molecular flexibility index (Phi) is 5.88. The van der Waals surface area contributed by atoms with E-state index in [4.69, 9.17) is 21.5 Å². The Labute approximate surface area is 104 Å². The molecule has 0 spiro atoms. The first kappa shape index (κ1) is 13.3. The zero-order valence-corrected chi connectivity index (χ0v) is 9.85. The normalized spacial score (nSPS) is 11.0. The van der Waals surface area contributed by atoms with Crippen LogP contribution in [0.25, 0.3) is 0 Å². The van der Waals surface area contributed by atoms with E-state index in [2.05, 4.69) is 10.5 Å². The summed E-state index contributed by atoms with van der Waals surface area (Å²) in [6, 6.07) is 9.35. The Morgan fingerprint density at radius 2 is 2.12 bits per heavy atom. The van der Waals surface area contributed by atoms with Crippen molar-refractivity contribution in [1.29, 1.82) is 0 Å². The van der Waals surface area contributed by atoms with Crippen molar-refractivity contribution in [2.45, 2.75) is 13.0 Å². The summed E-state index contributed by atoms with van der Waals surface area (Å²) >= 11 is 5.43. The number of hydrogen-bond acceptors (Lipinski definition) is 4. The molecule has 0 aliphatic rings. The van der Waals surface area contributed by atoms with Crippen molar-refractivity contribution in [1.82, 2.24) is 5.32 Å². The van der Waals surface area contributed by atoms with E-state index in [0.29, 0.717) is 0 Å². The van der Waals surface area contributed by atoms with Gasteiger partial charge in [0.25, 0.3) is 0 Å². The first-order valence-electron chi connectivity index (χ1n) is 5.03. The van der Waals surface area contributed by atoms with Gasteiger partial charge in [0.1, 0.15) is 11.8 Å². The van der Waals surface area contributed by atoms with E-state index in [1.807, 2.05) is 30.3 Å². The fourth-order valence-corrected chi connectivity index (χ4v) is 1.19. The molecule has 1 aromatic carbocycles. The van der Waals surface area contributed by atoms with Crippen LogP contribution >= 0.6 is 11.6 Å². The lowest BCUT2D eigenvalue weighted by Crippen LogP contribution is -2.26. The van der Waals surface area contributed by atoms with Crippen molar-refractivity contribution in [3.05, 3.63) is 35.9 Å². The number of amides is 1. The quantitative estimate of drug-likeness (QED) is 0.483. The van der Waals surface area contributed by atoms with Gasteiger partial charge in [-0.25, -0.2) is 4.79 Å². The van der Waals surface area contributed by atoms with Crippen LogP contribution in [-0.2, 0) is 11.3 Å². The van der Waals surface area contributed by atoms with Crippen LogP contribution in [-0.4, -0.2) is 23.0 Å². The van der Waals surface area contributed by atoms with Gasteiger partial charge in [-0.1, -0.05) is 47.1 Å². The van der Waals surface area contributed by atoms with Gasteiger partial charge in [0.05, 0.1) is 0 Å². The summed E-state index contributed by atoms with van der Waals surface area (Å²) in [5, 5.41) is 13.5. The van der Waals surface area contributed by atoms with Gasteiger partial charge in [-0.15, -0.1) is 0 Å². The minimum atomic E-state index is -0.531. The van der Waals surface area contributed by atoms with E-state index < -0.39 is 6.09 Å². The molecule has 0 bridgehead atoms. The largest absolute Gasteiger partial charge is 0.445 e. The van der Waals surface area contributed by atoms with E-state index >= 15 is 0 Å². The molecule has 0 fully saturated rings. The Morgan fingerprint density at radius 1 is 1.41 bits per heavy atom. The van der Waals surface area contributed by atoms with Crippen LogP contribution in [0, 0.1) is 0 Å². The molecule has 2 N–H and O–H groups in total. The van der Waals surface area contributed by atoms with Crippen LogP contribution in [0.5, 0.6) is 0 Å². The molecule has 0 atom stereocenters. The first-order valence-corrected chi connectivity index (χ1v) is 5.41. The highest BCUT2D eigenvalue weighted by Crippen LogP contribution is 2.00. The summed E-state index contributed by atoms with van der Waals surface area (Å²) in [5.74, 6) is 0. The van der Waals surface area contributed by atoms with Crippen molar-refractivity contribution >= 4 is 22.9 Å². The van der Waals surface area contributed by atoms with Crippen LogP contribution in [0.15, 0.2) is 35.5 Å². The van der Waals surface area contributed by atoms with Crippen molar-refractivity contribution < 1.29 is 14.7 Å². The highest BCUT2D eigenvalue weighted by molar-refractivity contribution is 6.65. The number of hydrogen-bond donors (Lipinski definition) is 2. The molecule has 5 nitrogen and oxygen atoms in total. The number of nitrogens with zero attached hydrogens (tertiary/aromatic N) is 1. The predicted octanol–water partition coefficient (Wildman–Crippen LogP) is 2.33. The maximum absolute atomic E-state index is 11.2. The molecule has 0 saturated carbocycles. The molecular weight excluding hydrogens is 244 g/mol. The van der Waals surface area contributed by atoms with E-state index in [9.17, 15) is 4.79 Å². The smallest absolute Gasteiger partial charge is 0.407 e. The third-order valence-electron chi connectivity index (χ3n) is 1.92. The molecule has 0 unspecified atom stereocenters. The van der Waals surface area contributed by atoms with Gasteiger partial charge >= 0.3 is 6.09 Å². The molecule has 92 valence electrons. The summed E-state index contributed by atoms with van der Waals surface area (Å²) in [7, 11) is 0. The molecule has 0 heterocycles. The average Bonchev–Trinajstić information content (AvgIpc) is 2.37. The van der Waals surface area contributed by atoms with Gasteiger partial charge < -0.3 is 15.3 Å². The van der Waals surface area contributed by atoms with Gasteiger partial charge in [-0.3, -0.25) is 0 Å². The number of oxime groups is 1. The third kappa shape index (κ3) is 5.77. The summed E-state index contributed by atoms with van der Waals surface area (Å²) < 4.78 is 4.95. The molecule has 6 heteroatoms. The second kappa shape index (κ2) is 7.51. The first-order chi connectivity index (χ1) is 8.22. The predicted molar refractivity (Wildman–Crippen MR) is 64.3 cm³/mol. The lowest BCUT2D eigenvalue weighted by atomic mass is 10.2. The Morgan fingerprint density at radius 3 is 2.76 bits per heavy atom. The molecule has 1 amide bonds. The number of rotatable bonds is 5. The fourth-order valence-electron chi connectivity index (χ4n) is 1.09. The fraction of sp³-hybridized carbons (Fsp3) is 0.273. The van der Waals surface area contributed by atoms with Gasteiger partial charge in [0, 0.05) is 13.0 Å². The second-order valence-corrected chi connectivity index (χ2v) is 3.65. The van der Waals surface area contributed by atoms with Crippen LogP contribution in [0.2, 0.25) is 0 Å².